The van der Waals surface area contributed by atoms with E-state index in [1.807, 2.05) is 27.7 Å². The highest BCUT2D eigenvalue weighted by molar-refractivity contribution is 5.07. The minimum atomic E-state index is -1.02. The van der Waals surface area contributed by atoms with Gasteiger partial charge in [-0.2, -0.15) is 20.8 Å². The van der Waals surface area contributed by atoms with E-state index in [-0.39, 0.29) is 5.92 Å². The van der Waals surface area contributed by atoms with Gasteiger partial charge >= 0.3 is 0 Å². The van der Waals surface area contributed by atoms with Crippen LogP contribution in [0.2, 0.25) is 0 Å². The predicted molar refractivity (Wildman–Crippen MR) is 84.2 cm³/mol. The van der Waals surface area contributed by atoms with Crippen molar-refractivity contribution in [1.29, 1.82) is 10.5 Å². The van der Waals surface area contributed by atoms with Gasteiger partial charge in [0.15, 0.2) is 5.54 Å². The van der Waals surface area contributed by atoms with Crippen LogP contribution in [0.3, 0.4) is 0 Å². The first-order valence-electron chi connectivity index (χ1n) is 7.30. The number of nitrogens with zero attached hydrogens (tertiary/aromatic N) is 4. The average molecular weight is 308 g/mol. The van der Waals surface area contributed by atoms with Crippen molar-refractivity contribution in [3.05, 3.63) is 0 Å². The summed E-state index contributed by atoms with van der Waals surface area (Å²) in [5, 5.41) is 27.2. The molecule has 0 N–H and O–H groups in total. The number of methoxy groups -OCH3 is 2. The van der Waals surface area contributed by atoms with Gasteiger partial charge in [-0.3, -0.25) is 0 Å². The number of hydrogen-bond acceptors (Lipinski definition) is 6. The first-order chi connectivity index (χ1) is 9.97. The Kier molecular flexibility index (Phi) is 7.15. The molecule has 0 fully saturated rings. The number of nitriles is 2. The summed E-state index contributed by atoms with van der Waals surface area (Å²) in [4.78, 5) is 0. The maximum atomic E-state index is 9.46. The van der Waals surface area contributed by atoms with Crippen LogP contribution < -0.4 is 0 Å². The summed E-state index contributed by atoms with van der Waals surface area (Å²) in [6.07, 6.45) is 0.400. The zero-order valence-corrected chi connectivity index (χ0v) is 15.0. The molecule has 124 valence electrons. The van der Waals surface area contributed by atoms with Gasteiger partial charge in [0.1, 0.15) is 6.04 Å². The standard InChI is InChI=1S/C16H28N4O2/c1-12(9-17)13(15(4,5)22-8)19-20-16(6,11-18)10-14(2,3)21-7/h12-13H,10H2,1-8H3/b20-19+. The third-order valence-electron chi connectivity index (χ3n) is 3.88. The molecule has 3 atom stereocenters. The molecule has 22 heavy (non-hydrogen) atoms. The van der Waals surface area contributed by atoms with Crippen molar-refractivity contribution in [2.24, 2.45) is 16.1 Å². The first-order valence-corrected chi connectivity index (χ1v) is 7.30. The molecular formula is C16H28N4O2. The smallest absolute Gasteiger partial charge is 0.167 e. The molecule has 0 bridgehead atoms. The van der Waals surface area contributed by atoms with Crippen LogP contribution in [-0.4, -0.2) is 37.0 Å². The largest absolute Gasteiger partial charge is 0.379 e. The summed E-state index contributed by atoms with van der Waals surface area (Å²) in [5.41, 5.74) is -2.15. The fraction of sp³-hybridized carbons (Fsp3) is 0.875. The zero-order chi connectivity index (χ0) is 17.6. The monoisotopic (exact) mass is 308 g/mol. The molecule has 6 heteroatoms. The van der Waals surface area contributed by atoms with Gasteiger partial charge in [-0.15, -0.1) is 0 Å². The quantitative estimate of drug-likeness (QED) is 0.642. The molecule has 0 rings (SSSR count). The maximum absolute atomic E-state index is 9.46. The van der Waals surface area contributed by atoms with Gasteiger partial charge < -0.3 is 9.47 Å². The van der Waals surface area contributed by atoms with Crippen LogP contribution >= 0.6 is 0 Å². The van der Waals surface area contributed by atoms with E-state index in [1.54, 1.807) is 28.1 Å². The van der Waals surface area contributed by atoms with Crippen molar-refractivity contribution < 1.29 is 9.47 Å². The Bertz CT molecular complexity index is 474. The second kappa shape index (κ2) is 7.67. The summed E-state index contributed by atoms with van der Waals surface area (Å²) in [7, 11) is 3.17. The molecule has 0 aromatic rings. The summed E-state index contributed by atoms with van der Waals surface area (Å²) < 4.78 is 10.8. The van der Waals surface area contributed by atoms with Gasteiger partial charge in [0.25, 0.3) is 0 Å². The minimum Gasteiger partial charge on any atom is -0.379 e. The molecule has 0 radical (unpaired) electrons. The molecule has 0 aliphatic carbocycles. The average Bonchev–Trinajstić information content (AvgIpc) is 2.46. The van der Waals surface area contributed by atoms with Gasteiger partial charge in [0, 0.05) is 20.6 Å². The Balaban J connectivity index is 5.47. The molecule has 0 saturated heterocycles. The third-order valence-corrected chi connectivity index (χ3v) is 3.88. The topological polar surface area (TPSA) is 90.8 Å². The Morgan fingerprint density at radius 2 is 1.59 bits per heavy atom. The van der Waals surface area contributed by atoms with Gasteiger partial charge in [0.2, 0.25) is 0 Å². The predicted octanol–water partition coefficient (Wildman–Crippen LogP) is 3.49. The van der Waals surface area contributed by atoms with Crippen LogP contribution in [0.1, 0.15) is 48.0 Å². The van der Waals surface area contributed by atoms with Crippen LogP contribution in [-0.2, 0) is 9.47 Å². The molecule has 0 spiro atoms. The Morgan fingerprint density at radius 1 is 1.05 bits per heavy atom. The van der Waals surface area contributed by atoms with Crippen molar-refractivity contribution in [2.45, 2.75) is 70.7 Å². The molecule has 0 saturated carbocycles. The highest BCUT2D eigenvalue weighted by Crippen LogP contribution is 2.29. The maximum Gasteiger partial charge on any atom is 0.167 e. The molecule has 0 aromatic heterocycles. The molecular weight excluding hydrogens is 280 g/mol. The van der Waals surface area contributed by atoms with Crippen molar-refractivity contribution in [3.8, 4) is 12.1 Å². The lowest BCUT2D eigenvalue weighted by Gasteiger charge is -2.32. The number of ether oxygens (including phenoxy) is 2. The lowest BCUT2D eigenvalue weighted by atomic mass is 9.88. The van der Waals surface area contributed by atoms with Gasteiger partial charge in [-0.25, -0.2) is 0 Å². The normalized spacial score (nSPS) is 18.3. The number of rotatable bonds is 8. The molecule has 0 aliphatic heterocycles. The van der Waals surface area contributed by atoms with Crippen molar-refractivity contribution in [2.75, 3.05) is 14.2 Å². The number of azo groups is 1. The summed E-state index contributed by atoms with van der Waals surface area (Å²) in [5.74, 6) is -0.378. The minimum absolute atomic E-state index is 0.378. The van der Waals surface area contributed by atoms with E-state index in [4.69, 9.17) is 9.47 Å². The van der Waals surface area contributed by atoms with Crippen LogP contribution in [0, 0.1) is 28.6 Å². The van der Waals surface area contributed by atoms with Crippen LogP contribution in [0.5, 0.6) is 0 Å². The molecule has 0 amide bonds. The zero-order valence-electron chi connectivity index (χ0n) is 15.0. The lowest BCUT2D eigenvalue weighted by molar-refractivity contribution is -0.0114. The second-order valence-electron chi connectivity index (χ2n) is 6.91. The van der Waals surface area contributed by atoms with E-state index in [1.165, 1.54) is 0 Å². The van der Waals surface area contributed by atoms with E-state index in [0.29, 0.717) is 6.42 Å². The fourth-order valence-electron chi connectivity index (χ4n) is 2.22. The van der Waals surface area contributed by atoms with Crippen molar-refractivity contribution in [3.63, 3.8) is 0 Å². The van der Waals surface area contributed by atoms with Crippen LogP contribution in [0.25, 0.3) is 0 Å². The Labute approximate surface area is 134 Å². The van der Waals surface area contributed by atoms with Crippen LogP contribution in [0.4, 0.5) is 0 Å². The van der Waals surface area contributed by atoms with Gasteiger partial charge in [0.05, 0.1) is 29.3 Å². The van der Waals surface area contributed by atoms with Crippen LogP contribution in [0.15, 0.2) is 10.2 Å². The SMILES string of the molecule is COC(C)(C)CC(C)(C#N)/N=N/C(C(C)C#N)C(C)(C)OC. The lowest BCUT2D eigenvalue weighted by Crippen LogP contribution is -2.41. The Hall–Kier alpha value is -1.50. The van der Waals surface area contributed by atoms with E-state index in [2.05, 4.69) is 22.4 Å². The van der Waals surface area contributed by atoms with E-state index in [0.717, 1.165) is 0 Å². The fourth-order valence-corrected chi connectivity index (χ4v) is 2.22. The number of hydrogen-bond donors (Lipinski definition) is 0. The van der Waals surface area contributed by atoms with E-state index >= 15 is 0 Å². The molecule has 0 aliphatic rings. The van der Waals surface area contributed by atoms with Crippen molar-refractivity contribution in [1.82, 2.24) is 0 Å². The van der Waals surface area contributed by atoms with Crippen molar-refractivity contribution >= 4 is 0 Å². The molecule has 0 heterocycles. The highest BCUT2D eigenvalue weighted by atomic mass is 16.5. The molecule has 0 aromatic carbocycles. The molecule has 3 unspecified atom stereocenters. The van der Waals surface area contributed by atoms with Gasteiger partial charge in [-0.1, -0.05) is 0 Å². The second-order valence-corrected chi connectivity index (χ2v) is 6.91. The Morgan fingerprint density at radius 3 is 1.95 bits per heavy atom. The molecule has 6 nitrogen and oxygen atoms in total. The third kappa shape index (κ3) is 5.71. The van der Waals surface area contributed by atoms with E-state index < -0.39 is 22.8 Å². The first kappa shape index (κ1) is 20.5. The summed E-state index contributed by atoms with van der Waals surface area (Å²) in [6.45, 7) is 11.0. The summed E-state index contributed by atoms with van der Waals surface area (Å²) in [6, 6.07) is 3.91. The van der Waals surface area contributed by atoms with E-state index in [9.17, 15) is 10.5 Å². The summed E-state index contributed by atoms with van der Waals surface area (Å²) >= 11 is 0. The highest BCUT2D eigenvalue weighted by Gasteiger charge is 2.37. The van der Waals surface area contributed by atoms with Gasteiger partial charge in [-0.05, 0) is 41.5 Å².